The third-order valence-corrected chi connectivity index (χ3v) is 13.6. The number of rotatable bonds is 58. The molecule has 1 unspecified atom stereocenters. The van der Waals surface area contributed by atoms with Gasteiger partial charge in [0.2, 0.25) is 0 Å². The van der Waals surface area contributed by atoms with Crippen LogP contribution in [0.3, 0.4) is 0 Å². The number of unbranched alkanes of at least 4 members (excludes halogenated alkanes) is 25. The van der Waals surface area contributed by atoms with Crippen molar-refractivity contribution in [2.24, 2.45) is 0 Å². The van der Waals surface area contributed by atoms with E-state index in [1.165, 1.54) is 116 Å². The molecule has 0 radical (unpaired) electrons. The molecular formula is C73H120O6. The van der Waals surface area contributed by atoms with Gasteiger partial charge < -0.3 is 14.2 Å². The maximum Gasteiger partial charge on any atom is 0.306 e. The molecule has 0 aliphatic carbocycles. The number of hydrogen-bond donors (Lipinski definition) is 0. The predicted molar refractivity (Wildman–Crippen MR) is 343 cm³/mol. The predicted octanol–water partition coefficient (Wildman–Crippen LogP) is 22.5. The van der Waals surface area contributed by atoms with Gasteiger partial charge in [0.1, 0.15) is 13.2 Å². The van der Waals surface area contributed by atoms with Crippen LogP contribution >= 0.6 is 0 Å². The highest BCUT2D eigenvalue weighted by atomic mass is 16.6. The van der Waals surface area contributed by atoms with E-state index in [0.29, 0.717) is 19.3 Å². The largest absolute Gasteiger partial charge is 0.462 e. The minimum absolute atomic E-state index is 0.0927. The molecule has 6 nitrogen and oxygen atoms in total. The van der Waals surface area contributed by atoms with Crippen LogP contribution in [-0.2, 0) is 28.6 Å². The Morgan fingerprint density at radius 2 is 0.456 bits per heavy atom. The van der Waals surface area contributed by atoms with E-state index in [1.807, 2.05) is 0 Å². The highest BCUT2D eigenvalue weighted by molar-refractivity contribution is 5.71. The van der Waals surface area contributed by atoms with Gasteiger partial charge in [0.05, 0.1) is 0 Å². The number of ether oxygens (including phenoxy) is 3. The average molecular weight is 1090 g/mol. The molecule has 0 aromatic rings. The molecule has 0 rings (SSSR count). The van der Waals surface area contributed by atoms with Crippen molar-refractivity contribution < 1.29 is 28.6 Å². The normalized spacial score (nSPS) is 13.0. The van der Waals surface area contributed by atoms with Crippen LogP contribution in [0.2, 0.25) is 0 Å². The first kappa shape index (κ1) is 74.5. The lowest BCUT2D eigenvalue weighted by Gasteiger charge is -2.18. The summed E-state index contributed by atoms with van der Waals surface area (Å²) in [6, 6.07) is 0. The summed E-state index contributed by atoms with van der Waals surface area (Å²) in [5.74, 6) is -0.925. The van der Waals surface area contributed by atoms with Gasteiger partial charge in [-0.1, -0.05) is 276 Å². The number of carbonyl (C=O) groups is 3. The second kappa shape index (κ2) is 66.1. The Kier molecular flexibility index (Phi) is 62.3. The Morgan fingerprint density at radius 3 is 0.722 bits per heavy atom. The lowest BCUT2D eigenvalue weighted by Crippen LogP contribution is -2.30. The van der Waals surface area contributed by atoms with Crippen molar-refractivity contribution in [3.63, 3.8) is 0 Å². The van der Waals surface area contributed by atoms with Gasteiger partial charge in [-0.25, -0.2) is 0 Å². The second-order valence-corrected chi connectivity index (χ2v) is 21.2. The molecule has 1 atom stereocenters. The molecule has 79 heavy (non-hydrogen) atoms. The highest BCUT2D eigenvalue weighted by Gasteiger charge is 2.19. The van der Waals surface area contributed by atoms with Gasteiger partial charge in [-0.3, -0.25) is 14.4 Å². The monoisotopic (exact) mass is 1090 g/mol. The summed E-state index contributed by atoms with van der Waals surface area (Å²) in [5.41, 5.74) is 0. The van der Waals surface area contributed by atoms with Gasteiger partial charge in [0.25, 0.3) is 0 Å². The van der Waals surface area contributed by atoms with Gasteiger partial charge in [-0.15, -0.1) is 0 Å². The van der Waals surface area contributed by atoms with Gasteiger partial charge >= 0.3 is 17.9 Å². The van der Waals surface area contributed by atoms with Crippen LogP contribution < -0.4 is 0 Å². The van der Waals surface area contributed by atoms with E-state index in [1.54, 1.807) is 0 Å². The van der Waals surface area contributed by atoms with Crippen molar-refractivity contribution in [3.8, 4) is 0 Å². The Labute approximate surface area is 487 Å². The third kappa shape index (κ3) is 64.3. The molecule has 0 spiro atoms. The molecule has 448 valence electrons. The van der Waals surface area contributed by atoms with Gasteiger partial charge in [-0.05, 0) is 128 Å². The van der Waals surface area contributed by atoms with Gasteiger partial charge in [0.15, 0.2) is 6.10 Å². The zero-order valence-corrected chi connectivity index (χ0v) is 51.3. The van der Waals surface area contributed by atoms with Crippen LogP contribution in [0.5, 0.6) is 0 Å². The van der Waals surface area contributed by atoms with E-state index in [9.17, 15) is 14.4 Å². The van der Waals surface area contributed by atoms with Crippen LogP contribution in [-0.4, -0.2) is 37.2 Å². The summed E-state index contributed by atoms with van der Waals surface area (Å²) in [6.45, 7) is 6.29. The molecule has 0 aromatic heterocycles. The lowest BCUT2D eigenvalue weighted by atomic mass is 10.0. The molecule has 6 heteroatoms. The first-order valence-electron chi connectivity index (χ1n) is 32.7. The molecule has 0 bridgehead atoms. The summed E-state index contributed by atoms with van der Waals surface area (Å²) in [5, 5.41) is 0. The maximum absolute atomic E-state index is 12.9. The van der Waals surface area contributed by atoms with E-state index in [0.717, 1.165) is 135 Å². The van der Waals surface area contributed by atoms with Gasteiger partial charge in [0, 0.05) is 19.3 Å². The Bertz CT molecular complexity index is 1680. The minimum atomic E-state index is -0.799. The van der Waals surface area contributed by atoms with Crippen molar-refractivity contribution in [1.82, 2.24) is 0 Å². The summed E-state index contributed by atoms with van der Waals surface area (Å²) in [4.78, 5) is 38.3. The smallest absolute Gasteiger partial charge is 0.306 e. The highest BCUT2D eigenvalue weighted by Crippen LogP contribution is 2.16. The molecule has 0 aliphatic rings. The summed E-state index contributed by atoms with van der Waals surface area (Å²) < 4.78 is 16.9. The molecular weight excluding hydrogens is 973 g/mol. The Hall–Kier alpha value is -4.45. The SMILES string of the molecule is CC/C=C\C/C=C\C/C=C\C/C=C\CCCCCCCCCCCCCCC(=O)OCC(COC(=O)CCCCC/C=C\C/C=C\C/C=C\CC)OC(=O)CCCCCCCCCCCC/C=C\C/C=C\C/C=C\C/C=C\CC. The number of allylic oxidation sites excluding steroid dienone is 22. The number of carbonyl (C=O) groups excluding carboxylic acids is 3. The van der Waals surface area contributed by atoms with Crippen molar-refractivity contribution in [1.29, 1.82) is 0 Å². The number of hydrogen-bond acceptors (Lipinski definition) is 6. The van der Waals surface area contributed by atoms with E-state index >= 15 is 0 Å². The molecule has 0 saturated heterocycles. The molecule has 0 amide bonds. The topological polar surface area (TPSA) is 78.9 Å². The maximum atomic E-state index is 12.9. The van der Waals surface area contributed by atoms with E-state index in [4.69, 9.17) is 14.2 Å². The average Bonchev–Trinajstić information content (AvgIpc) is 3.45. The molecule has 0 aromatic carbocycles. The lowest BCUT2D eigenvalue weighted by molar-refractivity contribution is -0.167. The van der Waals surface area contributed by atoms with E-state index in [-0.39, 0.29) is 31.1 Å². The van der Waals surface area contributed by atoms with Crippen LogP contribution in [0.4, 0.5) is 0 Å². The van der Waals surface area contributed by atoms with Crippen molar-refractivity contribution in [2.45, 2.75) is 297 Å². The second-order valence-electron chi connectivity index (χ2n) is 21.2. The first-order chi connectivity index (χ1) is 39.0. The van der Waals surface area contributed by atoms with Crippen molar-refractivity contribution >= 4 is 17.9 Å². The Morgan fingerprint density at radius 1 is 0.253 bits per heavy atom. The molecule has 0 heterocycles. The fraction of sp³-hybridized carbons (Fsp3) is 0.658. The van der Waals surface area contributed by atoms with Crippen LogP contribution in [0.15, 0.2) is 134 Å². The third-order valence-electron chi connectivity index (χ3n) is 13.6. The Balaban J connectivity index is 4.34. The zero-order valence-electron chi connectivity index (χ0n) is 51.3. The summed E-state index contributed by atoms with van der Waals surface area (Å²) in [7, 11) is 0. The quantitative estimate of drug-likeness (QED) is 0.0261. The molecule has 0 N–H and O–H groups in total. The molecule has 0 aliphatic heterocycles. The van der Waals surface area contributed by atoms with Crippen LogP contribution in [0, 0.1) is 0 Å². The van der Waals surface area contributed by atoms with E-state index < -0.39 is 6.10 Å². The zero-order chi connectivity index (χ0) is 57.1. The molecule has 0 fully saturated rings. The fourth-order valence-corrected chi connectivity index (χ4v) is 8.85. The first-order valence-corrected chi connectivity index (χ1v) is 32.7. The van der Waals surface area contributed by atoms with Crippen molar-refractivity contribution in [3.05, 3.63) is 134 Å². The van der Waals surface area contributed by atoms with Crippen LogP contribution in [0.1, 0.15) is 290 Å². The fourth-order valence-electron chi connectivity index (χ4n) is 8.85. The van der Waals surface area contributed by atoms with E-state index in [2.05, 4.69) is 154 Å². The standard InChI is InChI=1S/C73H120O6/c1-4-7-10-13-16-19-22-25-27-29-31-33-35-36-38-39-41-43-45-48-51-54-57-60-63-66-72(75)78-69-70(68-77-71(74)65-62-59-56-53-50-47-24-21-18-15-12-9-6-3)79-73(76)67-64-61-58-55-52-49-46-44-42-40-37-34-32-30-28-26-23-20-17-14-11-8-5-2/h7-12,16-21,25-28,31-34,47,50,70H,4-6,13-15,22-24,29-30,35-46,48-49,51-69H2,1-3H3/b10-7-,11-8-,12-9-,19-16-,20-17-,21-18-,27-25-,28-26-,33-31-,34-32-,50-47-. The number of esters is 3. The summed E-state index contributed by atoms with van der Waals surface area (Å²) >= 11 is 0. The van der Waals surface area contributed by atoms with Crippen molar-refractivity contribution in [2.75, 3.05) is 13.2 Å². The molecule has 0 saturated carbocycles. The van der Waals surface area contributed by atoms with Gasteiger partial charge in [-0.2, -0.15) is 0 Å². The minimum Gasteiger partial charge on any atom is -0.462 e. The summed E-state index contributed by atoms with van der Waals surface area (Å²) in [6.07, 6.45) is 93.2. The van der Waals surface area contributed by atoms with Crippen LogP contribution in [0.25, 0.3) is 0 Å².